The van der Waals surface area contributed by atoms with Crippen LogP contribution in [-0.2, 0) is 16.1 Å². The summed E-state index contributed by atoms with van der Waals surface area (Å²) in [6, 6.07) is 15.3. The minimum Gasteiger partial charge on any atom is -0.490 e. The molecule has 0 unspecified atom stereocenters. The number of hydrazone groups is 1. The van der Waals surface area contributed by atoms with E-state index in [1.54, 1.807) is 62.4 Å². The minimum absolute atomic E-state index is 0.163. The molecule has 1 aliphatic heterocycles. The third kappa shape index (κ3) is 8.48. The zero-order valence-electron chi connectivity index (χ0n) is 24.2. The second kappa shape index (κ2) is 15.2. The van der Waals surface area contributed by atoms with E-state index in [0.717, 1.165) is 5.56 Å². The molecule has 2 amide bonds. The molecular weight excluding hydrogens is 639 g/mol. The number of carbonyl (C=O) groups is 2. The van der Waals surface area contributed by atoms with Gasteiger partial charge in [0.1, 0.15) is 24.8 Å². The predicted molar refractivity (Wildman–Crippen MR) is 164 cm³/mol. The van der Waals surface area contributed by atoms with E-state index in [4.69, 9.17) is 18.9 Å². The van der Waals surface area contributed by atoms with Gasteiger partial charge in [-0.2, -0.15) is 5.10 Å². The van der Waals surface area contributed by atoms with Crippen molar-refractivity contribution in [2.75, 3.05) is 20.3 Å². The highest BCUT2D eigenvalue weighted by Gasteiger charge is 2.32. The van der Waals surface area contributed by atoms with Crippen molar-refractivity contribution in [1.82, 2.24) is 16.1 Å². The van der Waals surface area contributed by atoms with E-state index in [-0.39, 0.29) is 24.6 Å². The van der Waals surface area contributed by atoms with Crippen LogP contribution in [0.4, 0.5) is 9.18 Å². The molecule has 1 heterocycles. The largest absolute Gasteiger partial charge is 0.490 e. The van der Waals surface area contributed by atoms with E-state index in [9.17, 15) is 19.1 Å². The van der Waals surface area contributed by atoms with Gasteiger partial charge in [-0.15, -0.1) is 0 Å². The zero-order valence-corrected chi connectivity index (χ0v) is 25.8. The van der Waals surface area contributed by atoms with Crippen molar-refractivity contribution in [1.29, 1.82) is 0 Å². The first-order chi connectivity index (χ1) is 21.2. The molecule has 4 rings (SSSR count). The molecule has 3 aromatic carbocycles. The third-order valence-corrected chi connectivity index (χ3v) is 6.97. The molecule has 13 heteroatoms. The number of aliphatic hydroxyl groups excluding tert-OH is 1. The first kappa shape index (κ1) is 32.3. The molecule has 0 fully saturated rings. The Morgan fingerprint density at radius 1 is 1.11 bits per heavy atom. The molecule has 44 heavy (non-hydrogen) atoms. The van der Waals surface area contributed by atoms with Crippen LogP contribution in [0.3, 0.4) is 0 Å². The van der Waals surface area contributed by atoms with E-state index in [1.165, 1.54) is 25.5 Å². The fraction of sp³-hybridized carbons (Fsp3) is 0.258. The Bertz CT molecular complexity index is 1570. The Morgan fingerprint density at radius 2 is 1.91 bits per heavy atom. The van der Waals surface area contributed by atoms with Gasteiger partial charge in [0.05, 0.1) is 36.0 Å². The van der Waals surface area contributed by atoms with Gasteiger partial charge in [0.2, 0.25) is 0 Å². The lowest BCUT2D eigenvalue weighted by Crippen LogP contribution is -2.45. The summed E-state index contributed by atoms with van der Waals surface area (Å²) in [7, 11) is 1.27. The molecule has 0 radical (unpaired) electrons. The SMILES string of the molecule is CCOc1cc([C@H]2NC(=O)NC(C)=C2C(=O)OC)ccc1OC[C@@H](O)N/N=C\c1ccc(OCc2cccc(F)c2)c(Br)c1. The van der Waals surface area contributed by atoms with Crippen LogP contribution in [0, 0.1) is 5.82 Å². The number of nitrogens with one attached hydrogen (secondary N) is 3. The van der Waals surface area contributed by atoms with Gasteiger partial charge in [-0.1, -0.05) is 18.2 Å². The van der Waals surface area contributed by atoms with Crippen molar-refractivity contribution in [2.24, 2.45) is 5.10 Å². The van der Waals surface area contributed by atoms with Crippen molar-refractivity contribution < 1.29 is 38.0 Å². The van der Waals surface area contributed by atoms with Crippen LogP contribution >= 0.6 is 15.9 Å². The number of methoxy groups -OCH3 is 1. The van der Waals surface area contributed by atoms with Crippen LogP contribution in [0.1, 0.15) is 36.6 Å². The highest BCUT2D eigenvalue weighted by Crippen LogP contribution is 2.35. The van der Waals surface area contributed by atoms with Crippen LogP contribution in [-0.4, -0.2) is 49.9 Å². The second-order valence-corrected chi connectivity index (χ2v) is 10.4. The zero-order chi connectivity index (χ0) is 31.6. The molecule has 2 atom stereocenters. The Kier molecular flexibility index (Phi) is 11.2. The lowest BCUT2D eigenvalue weighted by Gasteiger charge is -2.28. The molecule has 0 saturated heterocycles. The monoisotopic (exact) mass is 670 g/mol. The number of rotatable bonds is 13. The molecule has 0 aliphatic carbocycles. The number of benzene rings is 3. The van der Waals surface area contributed by atoms with Crippen molar-refractivity contribution in [3.05, 3.63) is 98.9 Å². The van der Waals surface area contributed by atoms with Gasteiger partial charge in [-0.05, 0) is 88.9 Å². The highest BCUT2D eigenvalue weighted by atomic mass is 79.9. The topological polar surface area (TPSA) is 140 Å². The van der Waals surface area contributed by atoms with E-state index >= 15 is 0 Å². The average molecular weight is 672 g/mol. The smallest absolute Gasteiger partial charge is 0.337 e. The number of hydrogen-bond acceptors (Lipinski definition) is 9. The number of hydrogen-bond donors (Lipinski definition) is 4. The fourth-order valence-corrected chi connectivity index (χ4v) is 4.83. The lowest BCUT2D eigenvalue weighted by molar-refractivity contribution is -0.136. The first-order valence-corrected chi connectivity index (χ1v) is 14.4. The summed E-state index contributed by atoms with van der Waals surface area (Å²) < 4.78 is 36.2. The number of esters is 1. The van der Waals surface area contributed by atoms with E-state index in [2.05, 4.69) is 37.1 Å². The molecule has 11 nitrogen and oxygen atoms in total. The maximum Gasteiger partial charge on any atom is 0.337 e. The standard InChI is InChI=1S/C31H32BrFN4O7/c1-4-42-26-14-21(29-28(30(39)41-3)18(2)35-31(40)36-29)9-11-25(26)44-17-27(38)37-34-15-19-8-10-24(23(32)13-19)43-16-20-6-5-7-22(33)12-20/h5-15,27,29,37-38H,4,16-17H2,1-3H3,(H2,35,36,40)/b34-15-/t27-,29-/m1/s1. The molecular formula is C31H32BrFN4O7. The molecule has 232 valence electrons. The number of carbonyl (C=O) groups excluding carboxylic acids is 2. The summed E-state index contributed by atoms with van der Waals surface area (Å²) in [5.41, 5.74) is 5.27. The van der Waals surface area contributed by atoms with Gasteiger partial charge < -0.3 is 34.7 Å². The second-order valence-electron chi connectivity index (χ2n) is 9.52. The van der Waals surface area contributed by atoms with Gasteiger partial charge in [0, 0.05) is 5.70 Å². The number of aliphatic hydroxyl groups is 1. The van der Waals surface area contributed by atoms with Crippen molar-refractivity contribution >= 4 is 34.1 Å². The van der Waals surface area contributed by atoms with Gasteiger partial charge in [0.15, 0.2) is 17.7 Å². The summed E-state index contributed by atoms with van der Waals surface area (Å²) in [4.78, 5) is 24.6. The van der Waals surface area contributed by atoms with E-state index in [0.29, 0.717) is 45.2 Å². The first-order valence-electron chi connectivity index (χ1n) is 13.6. The molecule has 3 aromatic rings. The normalized spacial score (nSPS) is 15.3. The van der Waals surface area contributed by atoms with E-state index in [1.807, 2.05) is 0 Å². The maximum absolute atomic E-state index is 13.4. The molecule has 0 bridgehead atoms. The number of halogens is 2. The average Bonchev–Trinajstić information content (AvgIpc) is 2.99. The minimum atomic E-state index is -1.15. The van der Waals surface area contributed by atoms with E-state index < -0.39 is 24.3 Å². The molecule has 0 spiro atoms. The number of nitrogens with zero attached hydrogens (tertiary/aromatic N) is 1. The summed E-state index contributed by atoms with van der Waals surface area (Å²) >= 11 is 3.46. The third-order valence-electron chi connectivity index (χ3n) is 6.35. The van der Waals surface area contributed by atoms with Gasteiger partial charge in [-0.25, -0.2) is 14.0 Å². The van der Waals surface area contributed by atoms with Gasteiger partial charge >= 0.3 is 12.0 Å². The lowest BCUT2D eigenvalue weighted by atomic mass is 9.95. The van der Waals surface area contributed by atoms with Crippen LogP contribution < -0.4 is 30.3 Å². The molecule has 0 saturated carbocycles. The maximum atomic E-state index is 13.4. The quantitative estimate of drug-likeness (QED) is 0.0889. The summed E-state index contributed by atoms with van der Waals surface area (Å²) in [6.45, 7) is 3.80. The van der Waals surface area contributed by atoms with Crippen molar-refractivity contribution in [2.45, 2.75) is 32.7 Å². The number of amides is 2. The van der Waals surface area contributed by atoms with Crippen LogP contribution in [0.2, 0.25) is 0 Å². The van der Waals surface area contributed by atoms with Gasteiger partial charge in [0.25, 0.3) is 0 Å². The van der Waals surface area contributed by atoms with Crippen LogP contribution in [0.15, 0.2) is 81.5 Å². The Labute approximate surface area is 262 Å². The number of urea groups is 1. The van der Waals surface area contributed by atoms with Crippen LogP contribution in [0.5, 0.6) is 17.2 Å². The van der Waals surface area contributed by atoms with Crippen molar-refractivity contribution in [3.63, 3.8) is 0 Å². The van der Waals surface area contributed by atoms with Crippen molar-refractivity contribution in [3.8, 4) is 17.2 Å². The Morgan fingerprint density at radius 3 is 2.64 bits per heavy atom. The molecule has 4 N–H and O–H groups in total. The number of ether oxygens (including phenoxy) is 4. The Hall–Kier alpha value is -4.62. The summed E-state index contributed by atoms with van der Waals surface area (Å²) in [5, 5.41) is 19.8. The van der Waals surface area contributed by atoms with Crippen LogP contribution in [0.25, 0.3) is 0 Å². The summed E-state index contributed by atoms with van der Waals surface area (Å²) in [6.07, 6.45) is 0.366. The van der Waals surface area contributed by atoms with Gasteiger partial charge in [-0.3, -0.25) is 5.43 Å². The summed E-state index contributed by atoms with van der Waals surface area (Å²) in [5.74, 6) is 0.389. The highest BCUT2D eigenvalue weighted by molar-refractivity contribution is 9.10. The Balaban J connectivity index is 1.34. The number of allylic oxidation sites excluding steroid dienone is 1. The fourth-order valence-electron chi connectivity index (χ4n) is 4.32. The molecule has 0 aromatic heterocycles. The predicted octanol–water partition coefficient (Wildman–Crippen LogP) is 4.69. The molecule has 1 aliphatic rings.